The van der Waals surface area contributed by atoms with Gasteiger partial charge < -0.3 is 30.4 Å². The van der Waals surface area contributed by atoms with Gasteiger partial charge in [0.05, 0.1) is 18.9 Å². The number of hydrogen-bond acceptors (Lipinski definition) is 7. The molecule has 0 aromatic carbocycles. The Balaban J connectivity index is 4.89. The molecule has 0 rings (SSSR count). The molecule has 30 heavy (non-hydrogen) atoms. The zero-order chi connectivity index (χ0) is 23.8. The summed E-state index contributed by atoms with van der Waals surface area (Å²) >= 11 is 0. The summed E-state index contributed by atoms with van der Waals surface area (Å²) in [7, 11) is -1.95. The third-order valence-corrected chi connectivity index (χ3v) is 9.22. The van der Waals surface area contributed by atoms with Crippen molar-refractivity contribution in [3.63, 3.8) is 0 Å². The molecule has 0 saturated carbocycles. The lowest BCUT2D eigenvalue weighted by atomic mass is 10.1. The summed E-state index contributed by atoms with van der Waals surface area (Å²) in [6.45, 7) is 18.0. The number of allylic oxidation sites excluding steroid dienone is 1. The molecule has 0 bridgehead atoms. The van der Waals surface area contributed by atoms with Crippen molar-refractivity contribution < 1.29 is 23.5 Å². The van der Waals surface area contributed by atoms with E-state index in [0.717, 1.165) is 0 Å². The van der Waals surface area contributed by atoms with Gasteiger partial charge in [0.25, 0.3) is 0 Å². The summed E-state index contributed by atoms with van der Waals surface area (Å²) in [5.41, 5.74) is 6.05. The molecule has 9 heteroatoms. The summed E-state index contributed by atoms with van der Waals surface area (Å²) in [6.07, 6.45) is 1.39. The highest BCUT2D eigenvalue weighted by molar-refractivity contribution is 6.74. The third-order valence-electron chi connectivity index (χ3n) is 4.74. The van der Waals surface area contributed by atoms with Crippen LogP contribution in [0.5, 0.6) is 0 Å². The molecule has 0 spiro atoms. The molecule has 0 saturated heterocycles. The Labute approximate surface area is 182 Å². The van der Waals surface area contributed by atoms with Crippen LogP contribution in [0.2, 0.25) is 18.1 Å². The maximum atomic E-state index is 12.2. The average molecular weight is 444 g/mol. The van der Waals surface area contributed by atoms with Gasteiger partial charge in [0.2, 0.25) is 0 Å². The van der Waals surface area contributed by atoms with Crippen LogP contribution >= 0.6 is 0 Å². The first-order chi connectivity index (χ1) is 13.5. The Morgan fingerprint density at radius 3 is 2.20 bits per heavy atom. The van der Waals surface area contributed by atoms with Crippen LogP contribution in [0, 0.1) is 5.41 Å². The monoisotopic (exact) mass is 443 g/mol. The quantitative estimate of drug-likeness (QED) is 0.265. The topological polar surface area (TPSA) is 124 Å². The lowest BCUT2D eigenvalue weighted by molar-refractivity contribution is -0.145. The van der Waals surface area contributed by atoms with Crippen LogP contribution in [0.15, 0.2) is 11.8 Å². The molecular formula is C21H41N3O5Si. The van der Waals surface area contributed by atoms with Crippen LogP contribution in [-0.4, -0.2) is 50.9 Å². The van der Waals surface area contributed by atoms with Crippen LogP contribution < -0.4 is 11.1 Å². The number of alkyl carbamates (subject to hydrolysis) is 1. The number of esters is 1. The van der Waals surface area contributed by atoms with Gasteiger partial charge in [0.15, 0.2) is 8.32 Å². The molecule has 0 aromatic rings. The van der Waals surface area contributed by atoms with E-state index in [9.17, 15) is 9.59 Å². The summed E-state index contributed by atoms with van der Waals surface area (Å²) in [5, 5.41) is 10.7. The van der Waals surface area contributed by atoms with Gasteiger partial charge in [0.1, 0.15) is 11.6 Å². The highest BCUT2D eigenvalue weighted by Crippen LogP contribution is 2.36. The number of carbonyl (C=O) groups is 2. The van der Waals surface area contributed by atoms with E-state index >= 15 is 0 Å². The van der Waals surface area contributed by atoms with Crippen LogP contribution in [0.1, 0.15) is 61.3 Å². The van der Waals surface area contributed by atoms with Crippen molar-refractivity contribution in [2.24, 2.45) is 5.73 Å². The van der Waals surface area contributed by atoms with Crippen molar-refractivity contribution in [2.75, 3.05) is 13.2 Å². The summed E-state index contributed by atoms with van der Waals surface area (Å²) in [5.74, 6) is -0.549. The van der Waals surface area contributed by atoms with Crippen molar-refractivity contribution in [2.45, 2.75) is 91.1 Å². The number of hydrogen-bond donors (Lipinski definition) is 3. The maximum absolute atomic E-state index is 12.2. The van der Waals surface area contributed by atoms with Crippen molar-refractivity contribution in [3.05, 3.63) is 11.8 Å². The van der Waals surface area contributed by atoms with E-state index in [1.54, 1.807) is 33.8 Å². The SMILES string of the molecule is CCOC(=O)[C@@H](CC/C(N)=C/C(=N)CO[Si](C)(C)C(C)(C)C)NC(=O)OC(C)(C)C. The van der Waals surface area contributed by atoms with Crippen LogP contribution in [0.4, 0.5) is 4.79 Å². The molecule has 0 aromatic heterocycles. The number of ether oxygens (including phenoxy) is 2. The van der Waals surface area contributed by atoms with Gasteiger partial charge in [-0.2, -0.15) is 0 Å². The fraction of sp³-hybridized carbons (Fsp3) is 0.762. The largest absolute Gasteiger partial charge is 0.464 e. The summed E-state index contributed by atoms with van der Waals surface area (Å²) in [4.78, 5) is 24.2. The fourth-order valence-electron chi connectivity index (χ4n) is 2.06. The molecule has 174 valence electrons. The van der Waals surface area contributed by atoms with Gasteiger partial charge in [-0.25, -0.2) is 9.59 Å². The van der Waals surface area contributed by atoms with E-state index in [1.807, 2.05) is 0 Å². The lowest BCUT2D eigenvalue weighted by Crippen LogP contribution is -2.44. The second kappa shape index (κ2) is 11.5. The van der Waals surface area contributed by atoms with E-state index in [2.05, 4.69) is 39.2 Å². The predicted octanol–water partition coefficient (Wildman–Crippen LogP) is 4.11. The van der Waals surface area contributed by atoms with Gasteiger partial charge in [-0.1, -0.05) is 20.8 Å². The molecule has 4 N–H and O–H groups in total. The second-order valence-corrected chi connectivity index (χ2v) is 14.6. The lowest BCUT2D eigenvalue weighted by Gasteiger charge is -2.36. The smallest absolute Gasteiger partial charge is 0.408 e. The Morgan fingerprint density at radius 1 is 1.17 bits per heavy atom. The van der Waals surface area contributed by atoms with Crippen LogP contribution in [-0.2, 0) is 18.7 Å². The Kier molecular flexibility index (Phi) is 10.8. The molecule has 0 aliphatic rings. The third kappa shape index (κ3) is 11.3. The molecule has 8 nitrogen and oxygen atoms in total. The highest BCUT2D eigenvalue weighted by atomic mass is 28.4. The summed E-state index contributed by atoms with van der Waals surface area (Å²) in [6, 6.07) is -0.885. The number of nitrogens with one attached hydrogen (secondary N) is 2. The first kappa shape index (κ1) is 28.1. The molecule has 0 aliphatic heterocycles. The molecule has 1 amide bonds. The zero-order valence-electron chi connectivity index (χ0n) is 20.1. The number of nitrogens with two attached hydrogens (primary N) is 1. The van der Waals surface area contributed by atoms with E-state index in [1.165, 1.54) is 0 Å². The maximum Gasteiger partial charge on any atom is 0.408 e. The van der Waals surface area contributed by atoms with Gasteiger partial charge >= 0.3 is 12.1 Å². The molecule has 1 atom stereocenters. The van der Waals surface area contributed by atoms with E-state index < -0.39 is 32.0 Å². The molecule has 0 heterocycles. The Morgan fingerprint density at radius 2 is 1.73 bits per heavy atom. The minimum atomic E-state index is -1.95. The first-order valence-electron chi connectivity index (χ1n) is 10.3. The van der Waals surface area contributed by atoms with Crippen molar-refractivity contribution >= 4 is 26.1 Å². The molecule has 0 aliphatic carbocycles. The van der Waals surface area contributed by atoms with Gasteiger partial charge in [-0.3, -0.25) is 0 Å². The fourth-order valence-corrected chi connectivity index (χ4v) is 3.01. The molecule has 0 radical (unpaired) electrons. The zero-order valence-corrected chi connectivity index (χ0v) is 21.1. The highest BCUT2D eigenvalue weighted by Gasteiger charge is 2.37. The van der Waals surface area contributed by atoms with Gasteiger partial charge in [-0.15, -0.1) is 0 Å². The van der Waals surface area contributed by atoms with Crippen molar-refractivity contribution in [1.29, 1.82) is 5.41 Å². The minimum absolute atomic E-state index is 0.0583. The first-order valence-corrected chi connectivity index (χ1v) is 13.2. The van der Waals surface area contributed by atoms with E-state index in [0.29, 0.717) is 12.1 Å². The summed E-state index contributed by atoms with van der Waals surface area (Å²) < 4.78 is 16.3. The minimum Gasteiger partial charge on any atom is -0.464 e. The van der Waals surface area contributed by atoms with Gasteiger partial charge in [0, 0.05) is 5.70 Å². The number of carbonyl (C=O) groups excluding carboxylic acids is 2. The molecule has 0 unspecified atom stereocenters. The van der Waals surface area contributed by atoms with E-state index in [4.69, 9.17) is 25.0 Å². The molecule has 0 fully saturated rings. The Hall–Kier alpha value is -1.87. The Bertz CT molecular complexity index is 634. The number of rotatable bonds is 10. The standard InChI is InChI=1S/C21H41N3O5Si/c1-10-27-18(25)17(24-19(26)29-20(2,3)4)12-11-15(22)13-16(23)14-28-30(8,9)21(5,6)7/h13,17,23H,10-12,14,22H2,1-9H3,(H,24,26)/b15-13-,23-16?/t17-/m1/s1. The normalized spacial score (nSPS) is 14.1. The van der Waals surface area contributed by atoms with Crippen molar-refractivity contribution in [3.8, 4) is 0 Å². The second-order valence-electron chi connectivity index (χ2n) is 9.78. The van der Waals surface area contributed by atoms with Crippen molar-refractivity contribution in [1.82, 2.24) is 5.32 Å². The number of amides is 1. The predicted molar refractivity (Wildman–Crippen MR) is 122 cm³/mol. The van der Waals surface area contributed by atoms with E-state index in [-0.39, 0.29) is 30.4 Å². The molecular weight excluding hydrogens is 402 g/mol. The van der Waals surface area contributed by atoms with Gasteiger partial charge in [-0.05, 0) is 64.7 Å². The average Bonchev–Trinajstić information content (AvgIpc) is 2.54. The van der Waals surface area contributed by atoms with Crippen LogP contribution in [0.3, 0.4) is 0 Å². The van der Waals surface area contributed by atoms with Crippen LogP contribution in [0.25, 0.3) is 0 Å².